The molecule has 9 heteroatoms. The second-order valence-electron chi connectivity index (χ2n) is 9.43. The van der Waals surface area contributed by atoms with Gasteiger partial charge in [0.15, 0.2) is 5.13 Å². The first-order chi connectivity index (χ1) is 19.0. The van der Waals surface area contributed by atoms with Gasteiger partial charge in [0.1, 0.15) is 11.5 Å². The quantitative estimate of drug-likeness (QED) is 0.315. The first-order valence-electron chi connectivity index (χ1n) is 12.9. The Morgan fingerprint density at radius 1 is 0.897 bits per heavy atom. The summed E-state index contributed by atoms with van der Waals surface area (Å²) in [6.07, 6.45) is 0.709. The fourth-order valence-corrected chi connectivity index (χ4v) is 5.31. The minimum absolute atomic E-state index is 0.0390. The molecule has 1 aliphatic heterocycles. The highest BCUT2D eigenvalue weighted by molar-refractivity contribution is 7.14. The highest BCUT2D eigenvalue weighted by Gasteiger charge is 2.26. The Morgan fingerprint density at radius 3 is 2.28 bits per heavy atom. The monoisotopic (exact) mass is 543 g/mol. The summed E-state index contributed by atoms with van der Waals surface area (Å²) in [6.45, 7) is 2.47. The fourth-order valence-electron chi connectivity index (χ4n) is 4.61. The van der Waals surface area contributed by atoms with Gasteiger partial charge in [-0.15, -0.1) is 11.3 Å². The van der Waals surface area contributed by atoms with Crippen molar-refractivity contribution in [3.8, 4) is 0 Å². The largest absolute Gasteiger partial charge is 0.348 e. The van der Waals surface area contributed by atoms with E-state index in [9.17, 15) is 14.0 Å². The van der Waals surface area contributed by atoms with Crippen molar-refractivity contribution < 1.29 is 14.0 Å². The molecule has 1 atom stereocenters. The van der Waals surface area contributed by atoms with Crippen molar-refractivity contribution in [2.75, 3.05) is 38.0 Å². The molecule has 5 rings (SSSR count). The van der Waals surface area contributed by atoms with Gasteiger partial charge >= 0.3 is 0 Å². The molecular formula is C30H30FN5O2S. The lowest BCUT2D eigenvalue weighted by Crippen LogP contribution is -2.51. The lowest BCUT2D eigenvalue weighted by molar-refractivity contribution is -0.123. The summed E-state index contributed by atoms with van der Waals surface area (Å²) in [5.74, 6) is -0.581. The van der Waals surface area contributed by atoms with Crippen LogP contribution in [0.4, 0.5) is 15.2 Å². The van der Waals surface area contributed by atoms with Crippen LogP contribution in [-0.4, -0.2) is 59.3 Å². The zero-order chi connectivity index (χ0) is 27.0. The Bertz CT molecular complexity index is 1390. The van der Waals surface area contributed by atoms with Crippen molar-refractivity contribution in [1.82, 2.24) is 20.1 Å². The first-order valence-corrected chi connectivity index (χ1v) is 13.8. The number of nitrogens with one attached hydrogen (secondary N) is 2. The van der Waals surface area contributed by atoms with Crippen molar-refractivity contribution in [2.24, 2.45) is 0 Å². The van der Waals surface area contributed by atoms with Crippen LogP contribution in [0.2, 0.25) is 0 Å². The summed E-state index contributed by atoms with van der Waals surface area (Å²) >= 11 is 1.26. The third-order valence-corrected chi connectivity index (χ3v) is 7.44. The summed E-state index contributed by atoms with van der Waals surface area (Å²) in [5, 5.41) is 8.29. The third-order valence-electron chi connectivity index (χ3n) is 6.69. The van der Waals surface area contributed by atoms with E-state index in [1.807, 2.05) is 48.5 Å². The van der Waals surface area contributed by atoms with Gasteiger partial charge in [0.05, 0.1) is 18.3 Å². The molecule has 0 aliphatic carbocycles. The van der Waals surface area contributed by atoms with Gasteiger partial charge in [-0.05, 0) is 29.7 Å². The summed E-state index contributed by atoms with van der Waals surface area (Å²) < 4.78 is 13.9. The van der Waals surface area contributed by atoms with E-state index < -0.39 is 0 Å². The average molecular weight is 544 g/mol. The summed E-state index contributed by atoms with van der Waals surface area (Å²) in [6, 6.07) is 26.4. The van der Waals surface area contributed by atoms with Gasteiger partial charge in [-0.1, -0.05) is 72.8 Å². The van der Waals surface area contributed by atoms with Gasteiger partial charge in [0, 0.05) is 31.6 Å². The number of rotatable bonds is 9. The predicted molar refractivity (Wildman–Crippen MR) is 152 cm³/mol. The van der Waals surface area contributed by atoms with Gasteiger partial charge in [-0.3, -0.25) is 14.5 Å². The van der Waals surface area contributed by atoms with Crippen molar-refractivity contribution >= 4 is 34.0 Å². The van der Waals surface area contributed by atoms with Crippen LogP contribution in [0.1, 0.15) is 27.7 Å². The topological polar surface area (TPSA) is 77.6 Å². The molecule has 7 nitrogen and oxygen atoms in total. The minimum atomic E-state index is -0.379. The van der Waals surface area contributed by atoms with Crippen LogP contribution in [0.3, 0.4) is 0 Å². The molecule has 0 saturated carbocycles. The molecule has 1 aromatic heterocycles. The average Bonchev–Trinajstić information content (AvgIpc) is 3.43. The molecule has 4 aromatic rings. The van der Waals surface area contributed by atoms with E-state index in [1.165, 1.54) is 17.4 Å². The Labute approximate surface area is 231 Å². The normalized spacial score (nSPS) is 14.5. The highest BCUT2D eigenvalue weighted by atomic mass is 32.1. The SMILES string of the molecule is O=C(CN1CCN(C(=O)c2csc(Nc3ccccc3F)n2)CC1)N[C@@H](Cc1ccccc1)c1ccccc1. The number of hydrogen-bond acceptors (Lipinski definition) is 6. The van der Waals surface area contributed by atoms with Crippen LogP contribution in [0.5, 0.6) is 0 Å². The second kappa shape index (κ2) is 12.6. The van der Waals surface area contributed by atoms with E-state index in [0.29, 0.717) is 49.1 Å². The van der Waals surface area contributed by atoms with Gasteiger partial charge in [0.2, 0.25) is 5.91 Å². The Hall–Kier alpha value is -4.08. The van der Waals surface area contributed by atoms with Crippen LogP contribution in [0.15, 0.2) is 90.3 Å². The Morgan fingerprint density at radius 2 is 1.56 bits per heavy atom. The Kier molecular flexibility index (Phi) is 8.60. The fraction of sp³-hybridized carbons (Fsp3) is 0.233. The summed E-state index contributed by atoms with van der Waals surface area (Å²) in [5.41, 5.74) is 2.87. The summed E-state index contributed by atoms with van der Waals surface area (Å²) in [4.78, 5) is 34.2. The van der Waals surface area contributed by atoms with Gasteiger partial charge in [-0.2, -0.15) is 0 Å². The maximum Gasteiger partial charge on any atom is 0.273 e. The second-order valence-corrected chi connectivity index (χ2v) is 10.3. The number of amides is 2. The van der Waals surface area contributed by atoms with E-state index >= 15 is 0 Å². The molecule has 0 unspecified atom stereocenters. The number of aromatic nitrogens is 1. The number of nitrogens with zero attached hydrogens (tertiary/aromatic N) is 3. The number of halogens is 1. The first kappa shape index (κ1) is 26.5. The molecule has 2 amide bonds. The molecule has 1 fully saturated rings. The van der Waals surface area contributed by atoms with Crippen LogP contribution < -0.4 is 10.6 Å². The molecule has 0 radical (unpaired) electrons. The van der Waals surface area contributed by atoms with Crippen LogP contribution >= 0.6 is 11.3 Å². The van der Waals surface area contributed by atoms with Crippen molar-refractivity contribution in [3.05, 3.63) is 113 Å². The number of anilines is 2. The van der Waals surface area contributed by atoms with E-state index in [0.717, 1.165) is 11.1 Å². The Balaban J connectivity index is 1.13. The van der Waals surface area contributed by atoms with Crippen LogP contribution in [-0.2, 0) is 11.2 Å². The van der Waals surface area contributed by atoms with E-state index in [4.69, 9.17) is 0 Å². The van der Waals surface area contributed by atoms with Gasteiger partial charge in [0.25, 0.3) is 5.91 Å². The zero-order valence-electron chi connectivity index (χ0n) is 21.4. The van der Waals surface area contributed by atoms with Gasteiger partial charge in [-0.25, -0.2) is 9.37 Å². The number of carbonyl (C=O) groups excluding carboxylic acids is 2. The maximum absolute atomic E-state index is 13.9. The van der Waals surface area contributed by atoms with Crippen LogP contribution in [0.25, 0.3) is 0 Å². The predicted octanol–water partition coefficient (Wildman–Crippen LogP) is 4.88. The number of carbonyl (C=O) groups is 2. The maximum atomic E-state index is 13.9. The molecule has 0 bridgehead atoms. The smallest absolute Gasteiger partial charge is 0.273 e. The zero-order valence-corrected chi connectivity index (χ0v) is 22.2. The third kappa shape index (κ3) is 7.07. The van der Waals surface area contributed by atoms with Crippen molar-refractivity contribution in [1.29, 1.82) is 0 Å². The molecular weight excluding hydrogens is 513 g/mol. The van der Waals surface area contributed by atoms with Gasteiger partial charge < -0.3 is 15.5 Å². The van der Waals surface area contributed by atoms with Crippen molar-refractivity contribution in [3.63, 3.8) is 0 Å². The minimum Gasteiger partial charge on any atom is -0.348 e. The molecule has 2 N–H and O–H groups in total. The molecule has 0 spiro atoms. The van der Waals surface area contributed by atoms with E-state index in [-0.39, 0.29) is 30.2 Å². The summed E-state index contributed by atoms with van der Waals surface area (Å²) in [7, 11) is 0. The lowest BCUT2D eigenvalue weighted by atomic mass is 9.99. The lowest BCUT2D eigenvalue weighted by Gasteiger charge is -2.34. The molecule has 2 heterocycles. The van der Waals surface area contributed by atoms with E-state index in [1.54, 1.807) is 28.5 Å². The molecule has 1 aliphatic rings. The van der Waals surface area contributed by atoms with Crippen molar-refractivity contribution in [2.45, 2.75) is 12.5 Å². The number of piperazine rings is 1. The van der Waals surface area contributed by atoms with Crippen LogP contribution in [0, 0.1) is 5.82 Å². The molecule has 39 heavy (non-hydrogen) atoms. The molecule has 200 valence electrons. The number of para-hydroxylation sites is 1. The van der Waals surface area contributed by atoms with E-state index in [2.05, 4.69) is 32.7 Å². The highest BCUT2D eigenvalue weighted by Crippen LogP contribution is 2.24. The number of hydrogen-bond donors (Lipinski definition) is 2. The number of thiazole rings is 1. The molecule has 3 aromatic carbocycles. The standard InChI is InChI=1S/C30H30FN5O2S/c31-24-13-7-8-14-25(24)33-30-34-27(21-39-30)29(38)36-17-15-35(16-18-36)20-28(37)32-26(23-11-5-2-6-12-23)19-22-9-3-1-4-10-22/h1-14,21,26H,15-20H2,(H,32,37)(H,33,34)/t26-/m0/s1. The molecule has 1 saturated heterocycles. The number of benzene rings is 3.